The van der Waals surface area contributed by atoms with Crippen molar-refractivity contribution in [1.82, 2.24) is 0 Å². The van der Waals surface area contributed by atoms with Crippen LogP contribution < -0.4 is 0 Å². The van der Waals surface area contributed by atoms with Crippen LogP contribution in [0.5, 0.6) is 0 Å². The molecule has 2 aliphatic rings. The number of aliphatic hydroxyl groups excluding tert-OH is 1. The second kappa shape index (κ2) is 4.50. The van der Waals surface area contributed by atoms with Gasteiger partial charge in [0.1, 0.15) is 0 Å². The Morgan fingerprint density at radius 1 is 1.06 bits per heavy atom. The molecule has 0 heterocycles. The average molecular weight is 228 g/mol. The van der Waals surface area contributed by atoms with Crippen molar-refractivity contribution in [3.63, 3.8) is 0 Å². The first-order chi connectivity index (χ1) is 8.04. The van der Waals surface area contributed by atoms with Gasteiger partial charge in [-0.15, -0.1) is 0 Å². The molecule has 0 unspecified atom stereocenters. The summed E-state index contributed by atoms with van der Waals surface area (Å²) in [6.45, 7) is 8.77. The maximum Gasteiger partial charge on any atom is 0.0684 e. The Labute approximate surface area is 103 Å². The molecular formula is C16H20O. The zero-order valence-corrected chi connectivity index (χ0v) is 11.0. The van der Waals surface area contributed by atoms with Gasteiger partial charge in [0.2, 0.25) is 0 Å². The molecule has 0 bridgehead atoms. The summed E-state index contributed by atoms with van der Waals surface area (Å²) in [5, 5.41) is 9.35. The molecule has 1 nitrogen and oxygen atoms in total. The second-order valence-electron chi connectivity index (χ2n) is 5.10. The van der Waals surface area contributed by atoms with E-state index in [2.05, 4.69) is 52.0 Å². The van der Waals surface area contributed by atoms with Crippen LogP contribution in [0.2, 0.25) is 0 Å². The van der Waals surface area contributed by atoms with Gasteiger partial charge in [-0.25, -0.2) is 0 Å². The summed E-state index contributed by atoms with van der Waals surface area (Å²) >= 11 is 0. The summed E-state index contributed by atoms with van der Waals surface area (Å²) in [5.41, 5.74) is 7.42. The van der Waals surface area contributed by atoms with Gasteiger partial charge in [0.05, 0.1) is 6.61 Å². The van der Waals surface area contributed by atoms with E-state index >= 15 is 0 Å². The van der Waals surface area contributed by atoms with Crippen LogP contribution in [0.15, 0.2) is 24.3 Å². The van der Waals surface area contributed by atoms with Gasteiger partial charge in [-0.2, -0.15) is 0 Å². The average Bonchev–Trinajstić information content (AvgIpc) is 2.50. The molecule has 2 aliphatic carbocycles. The normalized spacial score (nSPS) is 11.4. The monoisotopic (exact) mass is 228 g/mol. The van der Waals surface area contributed by atoms with Gasteiger partial charge in [-0.3, -0.25) is 0 Å². The fraction of sp³-hybridized carbons (Fsp3) is 0.375. The molecule has 0 atom stereocenters. The molecule has 0 saturated carbocycles. The van der Waals surface area contributed by atoms with Crippen molar-refractivity contribution < 1.29 is 5.11 Å². The minimum Gasteiger partial charge on any atom is -0.392 e. The van der Waals surface area contributed by atoms with Crippen LogP contribution in [0, 0.1) is 13.8 Å². The van der Waals surface area contributed by atoms with Crippen molar-refractivity contribution in [2.24, 2.45) is 0 Å². The third-order valence-electron chi connectivity index (χ3n) is 3.59. The summed E-state index contributed by atoms with van der Waals surface area (Å²) < 4.78 is 0. The Hall–Kier alpha value is -1.34. The van der Waals surface area contributed by atoms with Crippen molar-refractivity contribution >= 4 is 0 Å². The predicted molar refractivity (Wildman–Crippen MR) is 72.5 cm³/mol. The minimum atomic E-state index is 0.126. The van der Waals surface area contributed by atoms with Crippen molar-refractivity contribution in [2.75, 3.05) is 0 Å². The maximum absolute atomic E-state index is 9.35. The Balaban J connectivity index is 2.74. The number of aliphatic hydroxyl groups is 1. The topological polar surface area (TPSA) is 20.2 Å². The first-order valence-electron chi connectivity index (χ1n) is 6.18. The molecule has 0 fully saturated rings. The third-order valence-corrected chi connectivity index (χ3v) is 3.59. The SMILES string of the molecule is Cc1ccc(C(C)C)cc2c(C)c(CO)cc1-2. The van der Waals surface area contributed by atoms with E-state index in [-0.39, 0.29) is 6.61 Å². The number of hydrogen-bond donors (Lipinski definition) is 1. The van der Waals surface area contributed by atoms with Crippen LogP contribution in [0.1, 0.15) is 42.0 Å². The lowest BCUT2D eigenvalue weighted by atomic mass is 10.0. The Kier molecular flexibility index (Phi) is 3.21. The molecule has 0 radical (unpaired) electrons. The van der Waals surface area contributed by atoms with Crippen LogP contribution in [0.25, 0.3) is 11.1 Å². The zero-order valence-electron chi connectivity index (χ0n) is 11.0. The third kappa shape index (κ3) is 2.07. The minimum absolute atomic E-state index is 0.126. The summed E-state index contributed by atoms with van der Waals surface area (Å²) in [6.07, 6.45) is 0. The fourth-order valence-electron chi connectivity index (χ4n) is 2.30. The van der Waals surface area contributed by atoms with Crippen LogP contribution >= 0.6 is 0 Å². The van der Waals surface area contributed by atoms with Gasteiger partial charge >= 0.3 is 0 Å². The number of rotatable bonds is 2. The van der Waals surface area contributed by atoms with E-state index in [1.807, 2.05) is 0 Å². The molecule has 0 saturated heterocycles. The largest absolute Gasteiger partial charge is 0.392 e. The van der Waals surface area contributed by atoms with E-state index in [1.165, 1.54) is 27.8 Å². The Morgan fingerprint density at radius 2 is 1.76 bits per heavy atom. The van der Waals surface area contributed by atoms with Crippen LogP contribution in [-0.2, 0) is 6.61 Å². The molecule has 0 spiro atoms. The zero-order chi connectivity index (χ0) is 12.6. The molecule has 1 N–H and O–H groups in total. The number of aryl methyl sites for hydroxylation is 1. The molecular weight excluding hydrogens is 208 g/mol. The highest BCUT2D eigenvalue weighted by Gasteiger charge is 2.14. The summed E-state index contributed by atoms with van der Waals surface area (Å²) in [4.78, 5) is 0. The van der Waals surface area contributed by atoms with Gasteiger partial charge < -0.3 is 5.11 Å². The van der Waals surface area contributed by atoms with E-state index < -0.39 is 0 Å². The van der Waals surface area contributed by atoms with Gasteiger partial charge in [0, 0.05) is 0 Å². The molecule has 0 aliphatic heterocycles. The van der Waals surface area contributed by atoms with E-state index in [1.54, 1.807) is 0 Å². The number of hydrogen-bond acceptors (Lipinski definition) is 1. The predicted octanol–water partition coefficient (Wildman–Crippen LogP) is 4.02. The Bertz CT molecular complexity index is 512. The van der Waals surface area contributed by atoms with Gasteiger partial charge in [0.15, 0.2) is 0 Å². The van der Waals surface area contributed by atoms with E-state index in [9.17, 15) is 5.11 Å². The molecule has 0 amide bonds. The van der Waals surface area contributed by atoms with Gasteiger partial charge in [-0.05, 0) is 59.2 Å². The van der Waals surface area contributed by atoms with Crippen LogP contribution in [-0.4, -0.2) is 5.11 Å². The molecule has 1 heteroatoms. The van der Waals surface area contributed by atoms with Crippen molar-refractivity contribution in [3.8, 4) is 11.1 Å². The summed E-state index contributed by atoms with van der Waals surface area (Å²) in [6, 6.07) is 8.77. The lowest BCUT2D eigenvalue weighted by Gasteiger charge is -2.03. The molecule has 0 aromatic carbocycles. The molecule has 0 aromatic rings. The highest BCUT2D eigenvalue weighted by molar-refractivity contribution is 5.76. The van der Waals surface area contributed by atoms with Gasteiger partial charge in [0.25, 0.3) is 0 Å². The lowest BCUT2D eigenvalue weighted by molar-refractivity contribution is 0.281. The van der Waals surface area contributed by atoms with Crippen LogP contribution in [0.4, 0.5) is 0 Å². The standard InChI is InChI=1S/C16H20O/c1-10(2)13-6-5-11(3)15-8-14(9-17)12(4)16(15)7-13/h5-8,10,17H,9H2,1-4H3. The first kappa shape index (κ1) is 12.1. The van der Waals surface area contributed by atoms with Crippen molar-refractivity contribution in [3.05, 3.63) is 46.5 Å². The van der Waals surface area contributed by atoms with Crippen molar-refractivity contribution in [1.29, 1.82) is 0 Å². The number of fused-ring (bicyclic) bond motifs is 1. The maximum atomic E-state index is 9.35. The van der Waals surface area contributed by atoms with Crippen LogP contribution in [0.3, 0.4) is 0 Å². The fourth-order valence-corrected chi connectivity index (χ4v) is 2.30. The first-order valence-corrected chi connectivity index (χ1v) is 6.18. The summed E-state index contributed by atoms with van der Waals surface area (Å²) in [5.74, 6) is 0.525. The van der Waals surface area contributed by atoms with E-state index in [4.69, 9.17) is 0 Å². The quantitative estimate of drug-likeness (QED) is 0.823. The van der Waals surface area contributed by atoms with E-state index in [0.717, 1.165) is 5.56 Å². The lowest BCUT2D eigenvalue weighted by Crippen LogP contribution is -1.85. The highest BCUT2D eigenvalue weighted by atomic mass is 16.3. The smallest absolute Gasteiger partial charge is 0.0684 e. The molecule has 2 rings (SSSR count). The van der Waals surface area contributed by atoms with E-state index in [0.29, 0.717) is 5.92 Å². The molecule has 17 heavy (non-hydrogen) atoms. The molecule has 90 valence electrons. The van der Waals surface area contributed by atoms with Crippen molar-refractivity contribution in [2.45, 2.75) is 40.2 Å². The highest BCUT2D eigenvalue weighted by Crippen LogP contribution is 2.35. The summed E-state index contributed by atoms with van der Waals surface area (Å²) in [7, 11) is 0. The second-order valence-corrected chi connectivity index (χ2v) is 5.10. The van der Waals surface area contributed by atoms with Gasteiger partial charge in [-0.1, -0.05) is 32.0 Å². The molecule has 0 aromatic heterocycles. The Morgan fingerprint density at radius 3 is 2.35 bits per heavy atom.